The maximum Gasteiger partial charge on any atom is 0.274 e. The van der Waals surface area contributed by atoms with Crippen LogP contribution in [0.3, 0.4) is 0 Å². The summed E-state index contributed by atoms with van der Waals surface area (Å²) in [5, 5.41) is 16.6. The van der Waals surface area contributed by atoms with Gasteiger partial charge < -0.3 is 10.6 Å². The van der Waals surface area contributed by atoms with Gasteiger partial charge in [0.1, 0.15) is 0 Å². The second-order valence-electron chi connectivity index (χ2n) is 4.92. The fraction of sp³-hybridized carbons (Fsp3) is 0.188. The molecule has 0 fully saturated rings. The third-order valence-electron chi connectivity index (χ3n) is 3.36. The van der Waals surface area contributed by atoms with E-state index in [-0.39, 0.29) is 18.1 Å². The quantitative estimate of drug-likeness (QED) is 0.655. The van der Waals surface area contributed by atoms with Crippen LogP contribution in [-0.2, 0) is 4.79 Å². The van der Waals surface area contributed by atoms with Crippen molar-refractivity contribution in [3.05, 3.63) is 63.7 Å². The molecular weight excluding hydrogens is 282 g/mol. The Balaban J connectivity index is 2.02. The SMILES string of the molecule is Cc1ccccc1NC(=O)CNc1cccc([N+](=O)[O-])c1C. The van der Waals surface area contributed by atoms with Crippen molar-refractivity contribution in [2.75, 3.05) is 17.2 Å². The van der Waals surface area contributed by atoms with Crippen molar-refractivity contribution in [3.8, 4) is 0 Å². The van der Waals surface area contributed by atoms with E-state index in [2.05, 4.69) is 10.6 Å². The number of carbonyl (C=O) groups is 1. The van der Waals surface area contributed by atoms with Gasteiger partial charge in [-0.1, -0.05) is 24.3 Å². The molecule has 0 radical (unpaired) electrons. The standard InChI is InChI=1S/C16H17N3O3/c1-11-6-3-4-7-13(11)18-16(20)10-17-14-8-5-9-15(12(14)2)19(21)22/h3-9,17H,10H2,1-2H3,(H,18,20). The number of nitrogens with zero attached hydrogens (tertiary/aromatic N) is 1. The molecule has 1 amide bonds. The fourth-order valence-electron chi connectivity index (χ4n) is 2.10. The lowest BCUT2D eigenvalue weighted by molar-refractivity contribution is -0.385. The average Bonchev–Trinajstić information content (AvgIpc) is 2.48. The number of para-hydroxylation sites is 1. The highest BCUT2D eigenvalue weighted by Gasteiger charge is 2.13. The zero-order valence-electron chi connectivity index (χ0n) is 12.4. The zero-order chi connectivity index (χ0) is 16.1. The summed E-state index contributed by atoms with van der Waals surface area (Å²) in [4.78, 5) is 22.4. The van der Waals surface area contributed by atoms with Gasteiger partial charge in [-0.3, -0.25) is 14.9 Å². The summed E-state index contributed by atoms with van der Waals surface area (Å²) in [6, 6.07) is 12.2. The summed E-state index contributed by atoms with van der Waals surface area (Å²) in [6.07, 6.45) is 0. The minimum Gasteiger partial charge on any atom is -0.376 e. The van der Waals surface area contributed by atoms with Crippen molar-refractivity contribution < 1.29 is 9.72 Å². The number of amides is 1. The molecule has 0 aromatic heterocycles. The number of benzene rings is 2. The fourth-order valence-corrected chi connectivity index (χ4v) is 2.10. The highest BCUT2D eigenvalue weighted by atomic mass is 16.6. The molecule has 114 valence electrons. The van der Waals surface area contributed by atoms with Crippen LogP contribution in [0.25, 0.3) is 0 Å². The molecule has 0 atom stereocenters. The summed E-state index contributed by atoms with van der Waals surface area (Å²) >= 11 is 0. The van der Waals surface area contributed by atoms with Gasteiger partial charge in [-0.2, -0.15) is 0 Å². The number of nitro groups is 1. The molecule has 6 heteroatoms. The number of hydrogen-bond acceptors (Lipinski definition) is 4. The summed E-state index contributed by atoms with van der Waals surface area (Å²) < 4.78 is 0. The monoisotopic (exact) mass is 299 g/mol. The van der Waals surface area contributed by atoms with Gasteiger partial charge in [0.05, 0.1) is 11.5 Å². The van der Waals surface area contributed by atoms with Gasteiger partial charge in [-0.05, 0) is 31.5 Å². The largest absolute Gasteiger partial charge is 0.376 e. The van der Waals surface area contributed by atoms with E-state index in [9.17, 15) is 14.9 Å². The predicted octanol–water partition coefficient (Wildman–Crippen LogP) is 3.26. The molecule has 6 nitrogen and oxygen atoms in total. The Kier molecular flexibility index (Phi) is 4.73. The zero-order valence-corrected chi connectivity index (χ0v) is 12.4. The molecule has 0 saturated heterocycles. The minimum atomic E-state index is -0.437. The van der Waals surface area contributed by atoms with Crippen LogP contribution in [0.1, 0.15) is 11.1 Å². The van der Waals surface area contributed by atoms with Gasteiger partial charge >= 0.3 is 0 Å². The van der Waals surface area contributed by atoms with Crippen molar-refractivity contribution >= 4 is 23.0 Å². The number of aryl methyl sites for hydroxylation is 1. The van der Waals surface area contributed by atoms with Crippen molar-refractivity contribution in [2.24, 2.45) is 0 Å². The molecule has 0 bridgehead atoms. The maximum atomic E-state index is 12.0. The van der Waals surface area contributed by atoms with Gasteiger partial charge in [-0.25, -0.2) is 0 Å². The van der Waals surface area contributed by atoms with Crippen molar-refractivity contribution in [3.63, 3.8) is 0 Å². The van der Waals surface area contributed by atoms with Gasteiger partial charge in [0.25, 0.3) is 5.69 Å². The molecule has 0 unspecified atom stereocenters. The first-order valence-electron chi connectivity index (χ1n) is 6.82. The van der Waals surface area contributed by atoms with Crippen molar-refractivity contribution in [2.45, 2.75) is 13.8 Å². The molecular formula is C16H17N3O3. The molecule has 0 heterocycles. The molecule has 0 saturated carbocycles. The topological polar surface area (TPSA) is 84.3 Å². The third-order valence-corrected chi connectivity index (χ3v) is 3.36. The van der Waals surface area contributed by atoms with Crippen LogP contribution >= 0.6 is 0 Å². The lowest BCUT2D eigenvalue weighted by Gasteiger charge is -2.11. The van der Waals surface area contributed by atoms with Gasteiger partial charge in [0.15, 0.2) is 0 Å². The van der Waals surface area contributed by atoms with Gasteiger partial charge in [-0.15, -0.1) is 0 Å². The van der Waals surface area contributed by atoms with E-state index in [4.69, 9.17) is 0 Å². The summed E-state index contributed by atoms with van der Waals surface area (Å²) in [5.74, 6) is -0.208. The molecule has 2 aromatic rings. The molecule has 0 aliphatic heterocycles. The normalized spacial score (nSPS) is 10.1. The Morgan fingerprint density at radius 1 is 1.09 bits per heavy atom. The molecule has 2 N–H and O–H groups in total. The van der Waals surface area contributed by atoms with Crippen LogP contribution in [0.4, 0.5) is 17.1 Å². The van der Waals surface area contributed by atoms with Crippen LogP contribution in [0.5, 0.6) is 0 Å². The highest BCUT2D eigenvalue weighted by molar-refractivity contribution is 5.94. The molecule has 0 aliphatic rings. The number of rotatable bonds is 5. The van der Waals surface area contributed by atoms with E-state index in [1.807, 2.05) is 31.2 Å². The second-order valence-corrected chi connectivity index (χ2v) is 4.92. The van der Waals surface area contributed by atoms with Crippen molar-refractivity contribution in [1.29, 1.82) is 0 Å². The number of anilines is 2. The third kappa shape index (κ3) is 3.60. The van der Waals surface area contributed by atoms with Crippen LogP contribution in [-0.4, -0.2) is 17.4 Å². The van der Waals surface area contributed by atoms with Crippen LogP contribution in [0, 0.1) is 24.0 Å². The Hall–Kier alpha value is -2.89. The lowest BCUT2D eigenvalue weighted by Crippen LogP contribution is -2.22. The smallest absolute Gasteiger partial charge is 0.274 e. The Bertz CT molecular complexity index is 714. The molecule has 22 heavy (non-hydrogen) atoms. The van der Waals surface area contributed by atoms with Gasteiger partial charge in [0.2, 0.25) is 5.91 Å². The number of hydrogen-bond donors (Lipinski definition) is 2. The predicted molar refractivity (Wildman–Crippen MR) is 86.1 cm³/mol. The lowest BCUT2D eigenvalue weighted by atomic mass is 10.1. The Labute approximate surface area is 128 Å². The van der Waals surface area contributed by atoms with Gasteiger partial charge in [0, 0.05) is 23.0 Å². The average molecular weight is 299 g/mol. The highest BCUT2D eigenvalue weighted by Crippen LogP contribution is 2.24. The molecule has 2 aromatic carbocycles. The van der Waals surface area contributed by atoms with E-state index in [0.717, 1.165) is 11.3 Å². The van der Waals surface area contributed by atoms with E-state index in [1.54, 1.807) is 19.1 Å². The summed E-state index contributed by atoms with van der Waals surface area (Å²) in [7, 11) is 0. The van der Waals surface area contributed by atoms with E-state index in [1.165, 1.54) is 6.07 Å². The van der Waals surface area contributed by atoms with Crippen LogP contribution in [0.15, 0.2) is 42.5 Å². The molecule has 0 spiro atoms. The Morgan fingerprint density at radius 3 is 2.45 bits per heavy atom. The Morgan fingerprint density at radius 2 is 1.77 bits per heavy atom. The molecule has 0 aliphatic carbocycles. The summed E-state index contributed by atoms with van der Waals surface area (Å²) in [5.41, 5.74) is 2.85. The number of nitrogens with one attached hydrogen (secondary N) is 2. The summed E-state index contributed by atoms with van der Waals surface area (Å²) in [6.45, 7) is 3.60. The first kappa shape index (κ1) is 15.5. The number of carbonyl (C=O) groups excluding carboxylic acids is 1. The first-order chi connectivity index (χ1) is 10.5. The second kappa shape index (κ2) is 6.71. The maximum absolute atomic E-state index is 12.0. The van der Waals surface area contributed by atoms with Crippen LogP contribution in [0.2, 0.25) is 0 Å². The van der Waals surface area contributed by atoms with E-state index in [0.29, 0.717) is 11.3 Å². The van der Waals surface area contributed by atoms with Crippen LogP contribution < -0.4 is 10.6 Å². The van der Waals surface area contributed by atoms with Crippen molar-refractivity contribution in [1.82, 2.24) is 0 Å². The van der Waals surface area contributed by atoms with E-state index < -0.39 is 4.92 Å². The van der Waals surface area contributed by atoms with E-state index >= 15 is 0 Å². The first-order valence-corrected chi connectivity index (χ1v) is 6.82. The molecule has 2 rings (SSSR count). The minimum absolute atomic E-state index is 0.0318. The number of nitro benzene ring substituents is 1.